The molecule has 3 aromatic rings. The van der Waals surface area contributed by atoms with E-state index < -0.39 is 0 Å². The van der Waals surface area contributed by atoms with Crippen LogP contribution < -0.4 is 5.56 Å². The van der Waals surface area contributed by atoms with Crippen molar-refractivity contribution in [2.75, 3.05) is 0 Å². The van der Waals surface area contributed by atoms with Crippen LogP contribution in [-0.2, 0) is 0 Å². The number of nitrogens with one attached hydrogen (secondary N) is 1. The molecule has 0 saturated heterocycles. The predicted octanol–water partition coefficient (Wildman–Crippen LogP) is 4.06. The Morgan fingerprint density at radius 1 is 1.18 bits per heavy atom. The molecular weight excluding hydrogens is 344 g/mol. The Hall–Kier alpha value is -2.40. The van der Waals surface area contributed by atoms with Gasteiger partial charge < -0.3 is 10.1 Å². The monoisotopic (exact) mass is 356 g/mol. The van der Waals surface area contributed by atoms with Crippen LogP contribution in [0.25, 0.3) is 10.9 Å². The minimum atomic E-state index is -0.129. The van der Waals surface area contributed by atoms with Gasteiger partial charge in [-0.1, -0.05) is 22.0 Å². The number of phenolic OH excluding ortho intramolecular Hbond substituents is 1. The molecule has 0 saturated carbocycles. The van der Waals surface area contributed by atoms with Gasteiger partial charge in [-0.15, -0.1) is 0 Å². The van der Waals surface area contributed by atoms with Gasteiger partial charge in [0.1, 0.15) is 5.75 Å². The van der Waals surface area contributed by atoms with Crippen LogP contribution in [-0.4, -0.2) is 16.3 Å². The zero-order chi connectivity index (χ0) is 15.7. The molecule has 0 amide bonds. The molecule has 22 heavy (non-hydrogen) atoms. The number of aliphatic imine (C=N–C) groups is 1. The number of H-pyrrole nitrogens is 1. The number of benzene rings is 2. The zero-order valence-corrected chi connectivity index (χ0v) is 13.4. The Labute approximate surface area is 135 Å². The highest BCUT2D eigenvalue weighted by molar-refractivity contribution is 9.10. The number of aromatic nitrogens is 1. The number of phenols is 1. The van der Waals surface area contributed by atoms with Crippen LogP contribution in [0.1, 0.15) is 11.1 Å². The van der Waals surface area contributed by atoms with E-state index >= 15 is 0 Å². The van der Waals surface area contributed by atoms with Crippen LogP contribution >= 0.6 is 15.9 Å². The molecule has 0 radical (unpaired) electrons. The summed E-state index contributed by atoms with van der Waals surface area (Å²) in [6.07, 6.45) is 1.59. The molecule has 2 N–H and O–H groups in total. The maximum absolute atomic E-state index is 11.5. The van der Waals surface area contributed by atoms with E-state index in [2.05, 4.69) is 25.9 Å². The number of rotatable bonds is 2. The average molecular weight is 357 g/mol. The van der Waals surface area contributed by atoms with Crippen LogP contribution in [0.3, 0.4) is 0 Å². The molecule has 4 nitrogen and oxygen atoms in total. The molecule has 0 unspecified atom stereocenters. The van der Waals surface area contributed by atoms with Gasteiger partial charge in [0.15, 0.2) is 0 Å². The minimum absolute atomic E-state index is 0.129. The quantitative estimate of drug-likeness (QED) is 0.680. The van der Waals surface area contributed by atoms with Gasteiger partial charge in [-0.05, 0) is 42.8 Å². The average Bonchev–Trinajstić information content (AvgIpc) is 2.47. The van der Waals surface area contributed by atoms with Gasteiger partial charge >= 0.3 is 0 Å². The van der Waals surface area contributed by atoms with Crippen molar-refractivity contribution >= 4 is 38.7 Å². The standard InChI is InChI=1S/C17H13BrN2O2/c1-10-6-17(22)20-15-8-13(3-4-14(10)15)19-9-11-7-12(18)2-5-16(11)21/h2-9,21H,1H3,(H,20,22). The first-order valence-corrected chi connectivity index (χ1v) is 7.48. The summed E-state index contributed by atoms with van der Waals surface area (Å²) in [6, 6.07) is 12.3. The van der Waals surface area contributed by atoms with E-state index in [9.17, 15) is 9.90 Å². The molecule has 1 heterocycles. The fraction of sp³-hybridized carbons (Fsp3) is 0.0588. The largest absolute Gasteiger partial charge is 0.507 e. The smallest absolute Gasteiger partial charge is 0.248 e. The lowest BCUT2D eigenvalue weighted by Gasteiger charge is -2.03. The number of pyridine rings is 1. The number of halogens is 1. The maximum atomic E-state index is 11.5. The fourth-order valence-corrected chi connectivity index (χ4v) is 2.65. The van der Waals surface area contributed by atoms with Crippen LogP contribution in [0, 0.1) is 6.92 Å². The molecule has 0 spiro atoms. The number of fused-ring (bicyclic) bond motifs is 1. The SMILES string of the molecule is Cc1cc(=O)[nH]c2cc(N=Cc3cc(Br)ccc3O)ccc12. The van der Waals surface area contributed by atoms with E-state index in [1.165, 1.54) is 0 Å². The second-order valence-corrected chi connectivity index (χ2v) is 5.92. The van der Waals surface area contributed by atoms with Crippen LogP contribution in [0.5, 0.6) is 5.75 Å². The lowest BCUT2D eigenvalue weighted by Crippen LogP contribution is -2.04. The minimum Gasteiger partial charge on any atom is -0.507 e. The Kier molecular flexibility index (Phi) is 3.81. The Balaban J connectivity index is 2.02. The highest BCUT2D eigenvalue weighted by atomic mass is 79.9. The number of hydrogen-bond donors (Lipinski definition) is 2. The number of nitrogens with zero attached hydrogens (tertiary/aromatic N) is 1. The lowest BCUT2D eigenvalue weighted by atomic mass is 10.1. The second kappa shape index (κ2) is 5.77. The first-order valence-electron chi connectivity index (χ1n) is 6.69. The summed E-state index contributed by atoms with van der Waals surface area (Å²) in [7, 11) is 0. The van der Waals surface area contributed by atoms with Gasteiger partial charge in [0.25, 0.3) is 0 Å². The molecule has 0 aliphatic carbocycles. The lowest BCUT2D eigenvalue weighted by molar-refractivity contribution is 0.474. The van der Waals surface area contributed by atoms with Gasteiger partial charge in [0.05, 0.1) is 11.2 Å². The van der Waals surface area contributed by atoms with E-state index in [4.69, 9.17) is 0 Å². The number of aromatic amines is 1. The summed E-state index contributed by atoms with van der Waals surface area (Å²) >= 11 is 3.36. The number of aryl methyl sites for hydroxylation is 1. The van der Waals surface area contributed by atoms with E-state index in [-0.39, 0.29) is 11.3 Å². The van der Waals surface area contributed by atoms with Crippen molar-refractivity contribution in [2.45, 2.75) is 6.92 Å². The van der Waals surface area contributed by atoms with Crippen molar-refractivity contribution in [1.82, 2.24) is 4.98 Å². The summed E-state index contributed by atoms with van der Waals surface area (Å²) in [5.41, 5.74) is 2.87. The Morgan fingerprint density at radius 3 is 2.82 bits per heavy atom. The summed E-state index contributed by atoms with van der Waals surface area (Å²) < 4.78 is 0.866. The summed E-state index contributed by atoms with van der Waals surface area (Å²) in [4.78, 5) is 18.7. The molecule has 110 valence electrons. The zero-order valence-electron chi connectivity index (χ0n) is 11.8. The van der Waals surface area contributed by atoms with Crippen LogP contribution in [0.15, 0.2) is 56.7 Å². The summed E-state index contributed by atoms with van der Waals surface area (Å²) in [5.74, 6) is 0.164. The van der Waals surface area contributed by atoms with E-state index in [1.54, 1.807) is 30.5 Å². The van der Waals surface area contributed by atoms with Gasteiger partial charge in [-0.3, -0.25) is 9.79 Å². The van der Waals surface area contributed by atoms with Gasteiger partial charge in [0.2, 0.25) is 5.56 Å². The highest BCUT2D eigenvalue weighted by Crippen LogP contribution is 2.23. The van der Waals surface area contributed by atoms with E-state index in [0.717, 1.165) is 20.9 Å². The Morgan fingerprint density at radius 2 is 2.00 bits per heavy atom. The summed E-state index contributed by atoms with van der Waals surface area (Å²) in [6.45, 7) is 1.90. The van der Waals surface area contributed by atoms with Crippen molar-refractivity contribution in [1.29, 1.82) is 0 Å². The van der Waals surface area contributed by atoms with Crippen molar-refractivity contribution in [3.05, 3.63) is 68.4 Å². The van der Waals surface area contributed by atoms with Crippen molar-refractivity contribution in [3.8, 4) is 5.75 Å². The molecule has 0 fully saturated rings. The summed E-state index contributed by atoms with van der Waals surface area (Å²) in [5, 5.41) is 10.8. The molecule has 5 heteroatoms. The second-order valence-electron chi connectivity index (χ2n) is 5.01. The third-order valence-electron chi connectivity index (χ3n) is 3.38. The molecule has 1 aromatic heterocycles. The third kappa shape index (κ3) is 2.94. The van der Waals surface area contributed by atoms with Gasteiger partial charge in [-0.2, -0.15) is 0 Å². The molecule has 2 aromatic carbocycles. The molecular formula is C17H13BrN2O2. The fourth-order valence-electron chi connectivity index (χ4n) is 2.28. The predicted molar refractivity (Wildman–Crippen MR) is 92.4 cm³/mol. The normalized spacial score (nSPS) is 11.4. The first kappa shape index (κ1) is 14.5. The van der Waals surface area contributed by atoms with Gasteiger partial charge in [0, 0.05) is 27.7 Å². The maximum Gasteiger partial charge on any atom is 0.248 e. The topological polar surface area (TPSA) is 65.5 Å². The van der Waals surface area contributed by atoms with Crippen molar-refractivity contribution in [3.63, 3.8) is 0 Å². The molecule has 0 atom stereocenters. The van der Waals surface area contributed by atoms with E-state index in [1.807, 2.05) is 25.1 Å². The van der Waals surface area contributed by atoms with Gasteiger partial charge in [-0.25, -0.2) is 0 Å². The van der Waals surface area contributed by atoms with Crippen LogP contribution in [0.4, 0.5) is 5.69 Å². The molecule has 0 bridgehead atoms. The van der Waals surface area contributed by atoms with Crippen molar-refractivity contribution in [2.24, 2.45) is 4.99 Å². The van der Waals surface area contributed by atoms with Crippen molar-refractivity contribution < 1.29 is 5.11 Å². The number of hydrogen-bond acceptors (Lipinski definition) is 3. The number of aromatic hydroxyl groups is 1. The molecule has 3 rings (SSSR count). The Bertz CT molecular complexity index is 945. The first-order chi connectivity index (χ1) is 10.5. The van der Waals surface area contributed by atoms with Crippen LogP contribution in [0.2, 0.25) is 0 Å². The van der Waals surface area contributed by atoms with E-state index in [0.29, 0.717) is 11.3 Å². The molecule has 0 aliphatic heterocycles. The highest BCUT2D eigenvalue weighted by Gasteiger charge is 2.02. The third-order valence-corrected chi connectivity index (χ3v) is 3.87. The molecule has 0 aliphatic rings.